The van der Waals surface area contributed by atoms with Crippen molar-refractivity contribution < 1.29 is 9.21 Å². The summed E-state index contributed by atoms with van der Waals surface area (Å²) in [5.74, 6) is 1.41. The minimum atomic E-state index is 0.0984. The van der Waals surface area contributed by atoms with Crippen LogP contribution >= 0.6 is 0 Å². The highest BCUT2D eigenvalue weighted by atomic mass is 16.3. The van der Waals surface area contributed by atoms with Gasteiger partial charge in [0, 0.05) is 11.6 Å². The molecule has 0 atom stereocenters. The zero-order chi connectivity index (χ0) is 17.8. The van der Waals surface area contributed by atoms with Gasteiger partial charge in [0.25, 0.3) is 5.91 Å². The number of piperidine rings is 1. The number of furan rings is 1. The lowest BCUT2D eigenvalue weighted by molar-refractivity contribution is 0.0550. The van der Waals surface area contributed by atoms with Crippen LogP contribution in [0.25, 0.3) is 0 Å². The van der Waals surface area contributed by atoms with E-state index in [0.717, 1.165) is 37.3 Å². The Labute approximate surface area is 150 Å². The lowest BCUT2D eigenvalue weighted by Crippen LogP contribution is -2.46. The first-order chi connectivity index (χ1) is 12.0. The molecular formula is C21H28N2O2. The van der Waals surface area contributed by atoms with Crippen molar-refractivity contribution in [2.75, 3.05) is 20.1 Å². The minimum absolute atomic E-state index is 0.0984. The molecule has 1 amide bonds. The molecule has 1 fully saturated rings. The molecule has 1 aliphatic heterocycles. The van der Waals surface area contributed by atoms with Gasteiger partial charge in [-0.15, -0.1) is 0 Å². The summed E-state index contributed by atoms with van der Waals surface area (Å²) in [5.41, 5.74) is 2.02. The molecule has 0 unspecified atom stereocenters. The molecule has 1 aromatic heterocycles. The second kappa shape index (κ2) is 7.87. The molecule has 0 radical (unpaired) electrons. The van der Waals surface area contributed by atoms with Gasteiger partial charge in [-0.25, -0.2) is 0 Å². The average Bonchev–Trinajstić information content (AvgIpc) is 3.13. The molecular weight excluding hydrogens is 312 g/mol. The first-order valence-electron chi connectivity index (χ1n) is 9.16. The van der Waals surface area contributed by atoms with E-state index in [9.17, 15) is 4.79 Å². The monoisotopic (exact) mass is 340 g/mol. The zero-order valence-corrected chi connectivity index (χ0v) is 15.4. The minimum Gasteiger partial charge on any atom is -0.467 e. The van der Waals surface area contributed by atoms with Gasteiger partial charge in [-0.1, -0.05) is 26.0 Å². The van der Waals surface area contributed by atoms with E-state index in [1.807, 2.05) is 29.2 Å². The van der Waals surface area contributed by atoms with Crippen molar-refractivity contribution in [1.82, 2.24) is 9.80 Å². The van der Waals surface area contributed by atoms with E-state index in [2.05, 4.69) is 37.9 Å². The predicted molar refractivity (Wildman–Crippen MR) is 99.6 cm³/mol. The molecule has 4 heteroatoms. The Kier molecular flexibility index (Phi) is 5.59. The Hall–Kier alpha value is -2.07. The summed E-state index contributed by atoms with van der Waals surface area (Å²) in [7, 11) is 2.14. The maximum absolute atomic E-state index is 13.2. The summed E-state index contributed by atoms with van der Waals surface area (Å²) in [6.07, 6.45) is 3.68. The van der Waals surface area contributed by atoms with Gasteiger partial charge in [-0.2, -0.15) is 0 Å². The van der Waals surface area contributed by atoms with Crippen molar-refractivity contribution in [2.24, 2.45) is 0 Å². The van der Waals surface area contributed by atoms with Crippen LogP contribution in [-0.2, 0) is 6.54 Å². The molecule has 0 aliphatic carbocycles. The van der Waals surface area contributed by atoms with Crippen molar-refractivity contribution in [3.8, 4) is 0 Å². The van der Waals surface area contributed by atoms with E-state index >= 15 is 0 Å². The van der Waals surface area contributed by atoms with Gasteiger partial charge < -0.3 is 14.2 Å². The van der Waals surface area contributed by atoms with Crippen molar-refractivity contribution in [2.45, 2.75) is 45.2 Å². The molecule has 3 rings (SSSR count). The summed E-state index contributed by atoms with van der Waals surface area (Å²) < 4.78 is 5.51. The van der Waals surface area contributed by atoms with Crippen LogP contribution in [0.4, 0.5) is 0 Å². The molecule has 1 aromatic carbocycles. The summed E-state index contributed by atoms with van der Waals surface area (Å²) in [6.45, 7) is 6.92. The molecule has 134 valence electrons. The summed E-state index contributed by atoms with van der Waals surface area (Å²) in [4.78, 5) is 17.5. The largest absolute Gasteiger partial charge is 0.467 e. The van der Waals surface area contributed by atoms with Gasteiger partial charge in [0.2, 0.25) is 0 Å². The topological polar surface area (TPSA) is 36.7 Å². The Morgan fingerprint density at radius 2 is 1.88 bits per heavy atom. The molecule has 2 aromatic rings. The predicted octanol–water partition coefficient (Wildman–Crippen LogP) is 4.14. The summed E-state index contributed by atoms with van der Waals surface area (Å²) in [5, 5.41) is 0. The Bertz CT molecular complexity index is 668. The van der Waals surface area contributed by atoms with Gasteiger partial charge >= 0.3 is 0 Å². The number of nitrogens with zero attached hydrogens (tertiary/aromatic N) is 2. The van der Waals surface area contributed by atoms with Gasteiger partial charge in [-0.05, 0) is 68.7 Å². The maximum Gasteiger partial charge on any atom is 0.254 e. The summed E-state index contributed by atoms with van der Waals surface area (Å²) in [6, 6.07) is 12.1. The molecule has 4 nitrogen and oxygen atoms in total. The highest BCUT2D eigenvalue weighted by Gasteiger charge is 2.28. The molecule has 0 N–H and O–H groups in total. The third-order valence-electron chi connectivity index (χ3n) is 5.12. The third kappa shape index (κ3) is 4.31. The van der Waals surface area contributed by atoms with Gasteiger partial charge in [-0.3, -0.25) is 4.79 Å². The zero-order valence-electron chi connectivity index (χ0n) is 15.4. The van der Waals surface area contributed by atoms with Crippen LogP contribution in [0.15, 0.2) is 47.1 Å². The standard InChI is InChI=1S/C21H28N2O2/c1-16(2)17-6-8-18(9-7-17)21(24)23(15-20-5-4-14-25-20)19-10-12-22(3)13-11-19/h4-9,14,16,19H,10-13,15H2,1-3H3. The fourth-order valence-corrected chi connectivity index (χ4v) is 3.42. The maximum atomic E-state index is 13.2. The second-order valence-corrected chi connectivity index (χ2v) is 7.32. The van der Waals surface area contributed by atoms with E-state index in [0.29, 0.717) is 12.5 Å². The molecule has 25 heavy (non-hydrogen) atoms. The van der Waals surface area contributed by atoms with Crippen molar-refractivity contribution in [3.63, 3.8) is 0 Å². The van der Waals surface area contributed by atoms with Gasteiger partial charge in [0.1, 0.15) is 5.76 Å². The molecule has 2 heterocycles. The second-order valence-electron chi connectivity index (χ2n) is 7.32. The fraction of sp³-hybridized carbons (Fsp3) is 0.476. The molecule has 0 spiro atoms. The van der Waals surface area contributed by atoms with Crippen LogP contribution in [0.1, 0.15) is 54.3 Å². The number of hydrogen-bond donors (Lipinski definition) is 0. The quantitative estimate of drug-likeness (QED) is 0.821. The lowest BCUT2D eigenvalue weighted by Gasteiger charge is -2.37. The van der Waals surface area contributed by atoms with Crippen molar-refractivity contribution >= 4 is 5.91 Å². The number of hydrogen-bond acceptors (Lipinski definition) is 3. The van der Waals surface area contributed by atoms with Crippen LogP contribution in [0.3, 0.4) is 0 Å². The van der Waals surface area contributed by atoms with Crippen LogP contribution in [0.2, 0.25) is 0 Å². The average molecular weight is 340 g/mol. The molecule has 1 aliphatic rings. The number of benzene rings is 1. The molecule has 1 saturated heterocycles. The number of likely N-dealkylation sites (tertiary alicyclic amines) is 1. The lowest BCUT2D eigenvalue weighted by atomic mass is 9.99. The van der Waals surface area contributed by atoms with E-state index in [4.69, 9.17) is 4.42 Å². The van der Waals surface area contributed by atoms with Gasteiger partial charge in [0.15, 0.2) is 0 Å². The molecule has 0 bridgehead atoms. The van der Waals surface area contributed by atoms with Crippen molar-refractivity contribution in [1.29, 1.82) is 0 Å². The van der Waals surface area contributed by atoms with Gasteiger partial charge in [0.05, 0.1) is 12.8 Å². The first kappa shape index (κ1) is 17.7. The van der Waals surface area contributed by atoms with E-state index in [1.165, 1.54) is 5.56 Å². The highest BCUT2D eigenvalue weighted by molar-refractivity contribution is 5.94. The third-order valence-corrected chi connectivity index (χ3v) is 5.12. The Balaban J connectivity index is 1.80. The van der Waals surface area contributed by atoms with Crippen LogP contribution in [0.5, 0.6) is 0 Å². The Morgan fingerprint density at radius 1 is 1.20 bits per heavy atom. The normalized spacial score (nSPS) is 16.3. The van der Waals surface area contributed by atoms with Crippen LogP contribution in [0, 0.1) is 0 Å². The number of carbonyl (C=O) groups excluding carboxylic acids is 1. The number of rotatable bonds is 5. The first-order valence-corrected chi connectivity index (χ1v) is 9.16. The highest BCUT2D eigenvalue weighted by Crippen LogP contribution is 2.22. The van der Waals surface area contributed by atoms with E-state index in [-0.39, 0.29) is 11.9 Å². The number of amides is 1. The number of carbonyl (C=O) groups is 1. The van der Waals surface area contributed by atoms with Crippen molar-refractivity contribution in [3.05, 3.63) is 59.5 Å². The summed E-state index contributed by atoms with van der Waals surface area (Å²) >= 11 is 0. The van der Waals surface area contributed by atoms with E-state index in [1.54, 1.807) is 6.26 Å². The molecule has 0 saturated carbocycles. The fourth-order valence-electron chi connectivity index (χ4n) is 3.42. The van der Waals surface area contributed by atoms with Crippen LogP contribution < -0.4 is 0 Å². The smallest absolute Gasteiger partial charge is 0.254 e. The van der Waals surface area contributed by atoms with E-state index < -0.39 is 0 Å². The Morgan fingerprint density at radius 3 is 2.44 bits per heavy atom. The van der Waals surface area contributed by atoms with Crippen LogP contribution in [-0.4, -0.2) is 41.9 Å². The SMILES string of the molecule is CC(C)c1ccc(C(=O)N(Cc2ccco2)C2CCN(C)CC2)cc1.